The third kappa shape index (κ3) is 6.73. The minimum Gasteiger partial charge on any atom is -0.483 e. The lowest BCUT2D eigenvalue weighted by Crippen LogP contribution is -2.32. The van der Waals surface area contributed by atoms with Crippen LogP contribution in [0.3, 0.4) is 0 Å². The number of halogens is 1. The number of hydrogen-bond acceptors (Lipinski definition) is 5. The van der Waals surface area contributed by atoms with Crippen molar-refractivity contribution in [2.24, 2.45) is 5.10 Å². The van der Waals surface area contributed by atoms with Gasteiger partial charge in [-0.2, -0.15) is 5.10 Å². The molecule has 0 aliphatic heterocycles. The summed E-state index contributed by atoms with van der Waals surface area (Å²) in [7, 11) is 0. The molecule has 3 aromatic rings. The smallest absolute Gasteiger partial charge is 0.329 e. The second-order valence-corrected chi connectivity index (χ2v) is 7.28. The molecule has 0 unspecified atom stereocenters. The van der Waals surface area contributed by atoms with Crippen molar-refractivity contribution in [3.05, 3.63) is 89.2 Å². The molecule has 0 spiro atoms. The maximum atomic E-state index is 12.9. The first-order valence-electron chi connectivity index (χ1n) is 10.3. The summed E-state index contributed by atoms with van der Waals surface area (Å²) in [4.78, 5) is 36.2. The third-order valence-corrected chi connectivity index (χ3v) is 4.83. The van der Waals surface area contributed by atoms with Gasteiger partial charge in [0.15, 0.2) is 6.61 Å². The Balaban J connectivity index is 1.54. The molecule has 0 aliphatic rings. The summed E-state index contributed by atoms with van der Waals surface area (Å²) in [5.74, 6) is -2.39. The Labute approximate surface area is 195 Å². The van der Waals surface area contributed by atoms with E-state index in [9.17, 15) is 18.8 Å². The van der Waals surface area contributed by atoms with E-state index in [1.165, 1.54) is 18.3 Å². The predicted octanol–water partition coefficient (Wildman–Crippen LogP) is 3.55. The molecule has 0 aliphatic carbocycles. The highest BCUT2D eigenvalue weighted by Crippen LogP contribution is 2.19. The van der Waals surface area contributed by atoms with E-state index in [1.54, 1.807) is 24.3 Å². The van der Waals surface area contributed by atoms with Crippen molar-refractivity contribution in [2.75, 3.05) is 17.2 Å². The summed E-state index contributed by atoms with van der Waals surface area (Å²) >= 11 is 0. The van der Waals surface area contributed by atoms with Gasteiger partial charge in [-0.05, 0) is 67.4 Å². The number of benzene rings is 3. The molecule has 0 saturated carbocycles. The number of aryl methyl sites for hydroxylation is 1. The van der Waals surface area contributed by atoms with Crippen molar-refractivity contribution in [1.82, 2.24) is 5.43 Å². The van der Waals surface area contributed by atoms with Crippen LogP contribution < -0.4 is 20.8 Å². The molecule has 0 atom stereocenters. The largest absolute Gasteiger partial charge is 0.483 e. The van der Waals surface area contributed by atoms with Crippen molar-refractivity contribution in [1.29, 1.82) is 0 Å². The molecule has 9 heteroatoms. The number of nitrogens with one attached hydrogen (secondary N) is 3. The van der Waals surface area contributed by atoms with Crippen LogP contribution in [0, 0.1) is 19.7 Å². The van der Waals surface area contributed by atoms with Gasteiger partial charge in [0.05, 0.1) is 6.21 Å². The Morgan fingerprint density at radius 3 is 2.41 bits per heavy atom. The van der Waals surface area contributed by atoms with Gasteiger partial charge in [0, 0.05) is 16.9 Å². The standard InChI is InChI=1S/C25H23FN4O4/c1-16-6-5-8-21(17(16)2)29-23(31)15-34-22-9-4-3-7-18(22)14-27-30-25(33)24(32)28-20-12-10-19(26)11-13-20/h3-14H,15H2,1-2H3,(H,28,32)(H,29,31)(H,30,33)/b27-14-. The molecule has 3 rings (SSSR count). The molecule has 3 aromatic carbocycles. The molecule has 0 saturated heterocycles. The Kier molecular flexibility index (Phi) is 8.07. The summed E-state index contributed by atoms with van der Waals surface area (Å²) in [6, 6.07) is 17.4. The second-order valence-electron chi connectivity index (χ2n) is 7.28. The maximum Gasteiger partial charge on any atom is 0.329 e. The summed E-state index contributed by atoms with van der Waals surface area (Å²) < 4.78 is 18.5. The zero-order valence-electron chi connectivity index (χ0n) is 18.6. The van der Waals surface area contributed by atoms with Crippen molar-refractivity contribution >= 4 is 35.3 Å². The van der Waals surface area contributed by atoms with Crippen LogP contribution in [0.4, 0.5) is 15.8 Å². The summed E-state index contributed by atoms with van der Waals surface area (Å²) in [6.45, 7) is 3.65. The topological polar surface area (TPSA) is 109 Å². The van der Waals surface area contributed by atoms with E-state index in [0.29, 0.717) is 17.0 Å². The van der Waals surface area contributed by atoms with Crippen LogP contribution in [0.5, 0.6) is 5.75 Å². The van der Waals surface area contributed by atoms with E-state index in [2.05, 4.69) is 21.2 Å². The average molecular weight is 462 g/mol. The number of hydrazone groups is 1. The fourth-order valence-corrected chi connectivity index (χ4v) is 2.87. The molecule has 174 valence electrons. The van der Waals surface area contributed by atoms with Crippen LogP contribution in [0.15, 0.2) is 71.8 Å². The van der Waals surface area contributed by atoms with Gasteiger partial charge >= 0.3 is 11.8 Å². The fraction of sp³-hybridized carbons (Fsp3) is 0.120. The van der Waals surface area contributed by atoms with Crippen molar-refractivity contribution < 1.29 is 23.5 Å². The average Bonchev–Trinajstić information content (AvgIpc) is 2.82. The Morgan fingerprint density at radius 1 is 0.912 bits per heavy atom. The third-order valence-electron chi connectivity index (χ3n) is 4.83. The predicted molar refractivity (Wildman–Crippen MR) is 127 cm³/mol. The highest BCUT2D eigenvalue weighted by Gasteiger charge is 2.13. The van der Waals surface area contributed by atoms with Crippen molar-refractivity contribution in [3.63, 3.8) is 0 Å². The second kappa shape index (κ2) is 11.4. The first-order chi connectivity index (χ1) is 16.3. The van der Waals surface area contributed by atoms with Gasteiger partial charge in [-0.3, -0.25) is 14.4 Å². The molecule has 34 heavy (non-hydrogen) atoms. The van der Waals surface area contributed by atoms with Crippen molar-refractivity contribution in [2.45, 2.75) is 13.8 Å². The van der Waals surface area contributed by atoms with E-state index in [0.717, 1.165) is 23.3 Å². The van der Waals surface area contributed by atoms with E-state index in [4.69, 9.17) is 4.74 Å². The number of ether oxygens (including phenoxy) is 1. The van der Waals surface area contributed by atoms with Gasteiger partial charge in [-0.15, -0.1) is 0 Å². The van der Waals surface area contributed by atoms with E-state index in [1.807, 2.05) is 32.0 Å². The SMILES string of the molecule is Cc1cccc(NC(=O)COc2ccccc2/C=N\NC(=O)C(=O)Nc2ccc(F)cc2)c1C. The lowest BCUT2D eigenvalue weighted by Gasteiger charge is -2.12. The first kappa shape index (κ1) is 24.1. The van der Waals surface area contributed by atoms with Crippen LogP contribution in [0.25, 0.3) is 0 Å². The van der Waals surface area contributed by atoms with E-state index in [-0.39, 0.29) is 18.2 Å². The molecule has 0 bridgehead atoms. The number of carbonyl (C=O) groups is 3. The minimum absolute atomic E-state index is 0.231. The van der Waals surface area contributed by atoms with Crippen molar-refractivity contribution in [3.8, 4) is 5.75 Å². The van der Waals surface area contributed by atoms with Gasteiger partial charge in [0.25, 0.3) is 5.91 Å². The highest BCUT2D eigenvalue weighted by molar-refractivity contribution is 6.39. The van der Waals surface area contributed by atoms with Crippen LogP contribution in [0.1, 0.15) is 16.7 Å². The number of hydrogen-bond donors (Lipinski definition) is 3. The van der Waals surface area contributed by atoms with Crippen LogP contribution in [0.2, 0.25) is 0 Å². The maximum absolute atomic E-state index is 12.9. The first-order valence-corrected chi connectivity index (χ1v) is 10.3. The molecular formula is C25H23FN4O4. The van der Waals surface area contributed by atoms with Crippen LogP contribution >= 0.6 is 0 Å². The molecule has 3 amide bonds. The summed E-state index contributed by atoms with van der Waals surface area (Å²) in [5, 5.41) is 8.91. The van der Waals surface area contributed by atoms with E-state index >= 15 is 0 Å². The molecule has 0 fully saturated rings. The minimum atomic E-state index is -1.01. The van der Waals surface area contributed by atoms with Gasteiger partial charge in [0.1, 0.15) is 11.6 Å². The van der Waals surface area contributed by atoms with Gasteiger partial charge in [-0.25, -0.2) is 9.82 Å². The Morgan fingerprint density at radius 2 is 1.65 bits per heavy atom. The molecule has 8 nitrogen and oxygen atoms in total. The number of carbonyl (C=O) groups excluding carboxylic acids is 3. The Hall–Kier alpha value is -4.53. The Bertz CT molecular complexity index is 1230. The quantitative estimate of drug-likeness (QED) is 0.283. The lowest BCUT2D eigenvalue weighted by atomic mass is 10.1. The highest BCUT2D eigenvalue weighted by atomic mass is 19.1. The van der Waals surface area contributed by atoms with Gasteiger partial charge < -0.3 is 15.4 Å². The van der Waals surface area contributed by atoms with E-state index < -0.39 is 17.6 Å². The number of nitrogens with zero attached hydrogens (tertiary/aromatic N) is 1. The van der Waals surface area contributed by atoms with Gasteiger partial charge in [0.2, 0.25) is 0 Å². The summed E-state index contributed by atoms with van der Waals surface area (Å²) in [5.41, 5.74) is 5.61. The molecule has 3 N–H and O–H groups in total. The molecule has 0 radical (unpaired) electrons. The number of para-hydroxylation sites is 1. The lowest BCUT2D eigenvalue weighted by molar-refractivity contribution is -0.136. The zero-order valence-corrected chi connectivity index (χ0v) is 18.6. The fourth-order valence-electron chi connectivity index (χ4n) is 2.87. The monoisotopic (exact) mass is 462 g/mol. The number of amides is 3. The molecular weight excluding hydrogens is 439 g/mol. The van der Waals surface area contributed by atoms with Crippen LogP contribution in [-0.2, 0) is 14.4 Å². The normalized spacial score (nSPS) is 10.6. The molecule has 0 aromatic heterocycles. The number of rotatable bonds is 7. The molecule has 0 heterocycles. The zero-order chi connectivity index (χ0) is 24.5. The van der Waals surface area contributed by atoms with Gasteiger partial charge in [-0.1, -0.05) is 24.3 Å². The summed E-state index contributed by atoms with van der Waals surface area (Å²) in [6.07, 6.45) is 1.29. The van der Waals surface area contributed by atoms with Crippen LogP contribution in [-0.4, -0.2) is 30.5 Å². The number of anilines is 2.